The van der Waals surface area contributed by atoms with Crippen LogP contribution in [0.3, 0.4) is 0 Å². The highest BCUT2D eigenvalue weighted by molar-refractivity contribution is 7.13. The molecule has 0 unspecified atom stereocenters. The van der Waals surface area contributed by atoms with Gasteiger partial charge in [-0.05, 0) is 61.5 Å². The molecular formula is C28H38BN5O5S. The van der Waals surface area contributed by atoms with Crippen molar-refractivity contribution in [3.63, 3.8) is 0 Å². The Hall–Kier alpha value is -2.83. The van der Waals surface area contributed by atoms with Gasteiger partial charge in [0.2, 0.25) is 12.3 Å². The molecule has 0 spiro atoms. The number of carbonyl (C=O) groups is 3. The van der Waals surface area contributed by atoms with E-state index < -0.39 is 30.9 Å². The van der Waals surface area contributed by atoms with Gasteiger partial charge in [-0.25, -0.2) is 4.98 Å². The van der Waals surface area contributed by atoms with E-state index in [1.165, 1.54) is 11.3 Å². The largest absolute Gasteiger partial charge is 0.481 e. The predicted octanol–water partition coefficient (Wildman–Crippen LogP) is 2.85. The van der Waals surface area contributed by atoms with Gasteiger partial charge in [0.1, 0.15) is 16.7 Å². The maximum atomic E-state index is 13.4. The molecule has 1 aliphatic heterocycles. The van der Waals surface area contributed by atoms with Crippen LogP contribution in [0.25, 0.3) is 10.6 Å². The molecule has 4 aliphatic rings. The lowest BCUT2D eigenvalue weighted by Crippen LogP contribution is -2.65. The van der Waals surface area contributed by atoms with E-state index in [1.54, 1.807) is 17.8 Å². The number of pyridine rings is 1. The second-order valence-corrected chi connectivity index (χ2v) is 13.3. The second-order valence-electron chi connectivity index (χ2n) is 12.4. The minimum absolute atomic E-state index is 0.000763. The fourth-order valence-corrected chi connectivity index (χ4v) is 7.51. The van der Waals surface area contributed by atoms with E-state index in [1.807, 2.05) is 12.1 Å². The monoisotopic (exact) mass is 567 g/mol. The van der Waals surface area contributed by atoms with Crippen LogP contribution in [0.15, 0.2) is 29.9 Å². The topological polar surface area (TPSA) is 132 Å². The average molecular weight is 568 g/mol. The lowest BCUT2D eigenvalue weighted by atomic mass is 9.43. The van der Waals surface area contributed by atoms with Crippen LogP contribution in [-0.4, -0.2) is 65.5 Å². The highest BCUT2D eigenvalue weighted by Gasteiger charge is 2.68. The molecule has 1 saturated heterocycles. The van der Waals surface area contributed by atoms with Gasteiger partial charge in [-0.1, -0.05) is 27.7 Å². The van der Waals surface area contributed by atoms with Crippen molar-refractivity contribution >= 4 is 36.7 Å². The van der Waals surface area contributed by atoms with Gasteiger partial charge in [0, 0.05) is 29.9 Å². The Morgan fingerprint density at radius 2 is 1.98 bits per heavy atom. The number of aromatic nitrogens is 2. The fourth-order valence-electron chi connectivity index (χ4n) is 6.70. The van der Waals surface area contributed by atoms with E-state index in [0.29, 0.717) is 29.7 Å². The first-order valence-corrected chi connectivity index (χ1v) is 14.9. The molecular weight excluding hydrogens is 529 g/mol. The van der Waals surface area contributed by atoms with Crippen LogP contribution >= 0.6 is 11.3 Å². The van der Waals surface area contributed by atoms with Crippen LogP contribution in [0.1, 0.15) is 64.4 Å². The van der Waals surface area contributed by atoms with Crippen LogP contribution in [0.5, 0.6) is 0 Å². The maximum Gasteiger partial charge on any atom is 0.481 e. The van der Waals surface area contributed by atoms with Crippen LogP contribution < -0.4 is 16.0 Å². The lowest BCUT2D eigenvalue weighted by Gasteiger charge is -2.64. The molecule has 40 heavy (non-hydrogen) atoms. The van der Waals surface area contributed by atoms with E-state index in [2.05, 4.69) is 60.5 Å². The number of rotatable bonds is 11. The van der Waals surface area contributed by atoms with Gasteiger partial charge in [-0.3, -0.25) is 19.4 Å². The summed E-state index contributed by atoms with van der Waals surface area (Å²) in [5, 5.41) is 10.7. The van der Waals surface area contributed by atoms with Gasteiger partial charge in [0.05, 0.1) is 17.6 Å². The van der Waals surface area contributed by atoms with Crippen LogP contribution in [0.2, 0.25) is 0 Å². The summed E-state index contributed by atoms with van der Waals surface area (Å²) in [5.41, 5.74) is 0.930. The number of nitrogens with one attached hydrogen (secondary N) is 3. The first kappa shape index (κ1) is 28.7. The summed E-state index contributed by atoms with van der Waals surface area (Å²) in [4.78, 5) is 45.9. The third-order valence-corrected chi connectivity index (χ3v) is 9.96. The molecule has 4 fully saturated rings. The standard InChI is InChI=1S/C28H38BN5O5S/c1-16(2)10-23(29-38-22-12-18-11-21(27(18,3)4)28(22,5)39-29)34-25(37)19(32-15-35)13-31-24(36)20-14-40-26(33-20)17-6-8-30-9-7-17/h6-9,14-16,18-19,21-23H,10-13H2,1-5H3,(H,31,36)(H,32,35)(H,34,37)/t18-,19-,21-,22+,23-,28-/m0/s1. The van der Waals surface area contributed by atoms with Crippen LogP contribution in [0.4, 0.5) is 0 Å². The molecule has 3 amide bonds. The molecule has 3 heterocycles. The van der Waals surface area contributed by atoms with E-state index in [-0.39, 0.29) is 35.3 Å². The van der Waals surface area contributed by atoms with Crippen LogP contribution in [0, 0.1) is 23.2 Å². The minimum Gasteiger partial charge on any atom is -0.404 e. The summed E-state index contributed by atoms with van der Waals surface area (Å²) < 4.78 is 13.1. The van der Waals surface area contributed by atoms with Gasteiger partial charge < -0.3 is 25.3 Å². The highest BCUT2D eigenvalue weighted by Crippen LogP contribution is 2.65. The molecule has 0 radical (unpaired) electrons. The first-order valence-electron chi connectivity index (χ1n) is 14.0. The smallest absolute Gasteiger partial charge is 0.404 e. The van der Waals surface area contributed by atoms with E-state index in [9.17, 15) is 14.4 Å². The van der Waals surface area contributed by atoms with Crippen LogP contribution in [-0.2, 0) is 18.9 Å². The quantitative estimate of drug-likeness (QED) is 0.281. The number of amides is 3. The number of nitrogens with zero attached hydrogens (tertiary/aromatic N) is 2. The third kappa shape index (κ3) is 5.41. The van der Waals surface area contributed by atoms with Gasteiger partial charge in [0.15, 0.2) is 0 Å². The Bertz CT molecular complexity index is 1240. The van der Waals surface area contributed by atoms with Crippen molar-refractivity contribution in [2.45, 2.75) is 77.6 Å². The number of hydrogen-bond acceptors (Lipinski definition) is 8. The van der Waals surface area contributed by atoms with E-state index in [4.69, 9.17) is 9.31 Å². The molecule has 12 heteroatoms. The molecule has 3 aliphatic carbocycles. The zero-order valence-corrected chi connectivity index (χ0v) is 24.5. The van der Waals surface area contributed by atoms with Gasteiger partial charge in [0.25, 0.3) is 5.91 Å². The molecule has 6 atom stereocenters. The normalized spacial score (nSPS) is 27.8. The van der Waals surface area contributed by atoms with Crippen molar-refractivity contribution in [2.75, 3.05) is 6.54 Å². The zero-order chi connectivity index (χ0) is 28.7. The van der Waals surface area contributed by atoms with E-state index >= 15 is 0 Å². The molecule has 2 aromatic heterocycles. The van der Waals surface area contributed by atoms with Crippen molar-refractivity contribution in [1.82, 2.24) is 25.9 Å². The summed E-state index contributed by atoms with van der Waals surface area (Å²) in [7, 11) is -0.579. The summed E-state index contributed by atoms with van der Waals surface area (Å²) in [5.74, 6) is 0.0679. The fraction of sp³-hybridized carbons (Fsp3) is 0.607. The molecule has 214 valence electrons. The Kier molecular flexibility index (Phi) is 8.04. The second kappa shape index (κ2) is 11.2. The molecule has 3 N–H and O–H groups in total. The third-order valence-electron chi connectivity index (χ3n) is 9.07. The van der Waals surface area contributed by atoms with Gasteiger partial charge in [-0.15, -0.1) is 11.3 Å². The average Bonchev–Trinajstić information content (AvgIpc) is 3.55. The Morgan fingerprint density at radius 1 is 1.23 bits per heavy atom. The minimum atomic E-state index is -0.972. The predicted molar refractivity (Wildman–Crippen MR) is 152 cm³/mol. The summed E-state index contributed by atoms with van der Waals surface area (Å²) in [6.45, 7) is 10.8. The molecule has 0 aromatic carbocycles. The van der Waals surface area contributed by atoms with E-state index in [0.717, 1.165) is 18.4 Å². The molecule has 10 nitrogen and oxygen atoms in total. The Morgan fingerprint density at radius 3 is 2.65 bits per heavy atom. The summed E-state index contributed by atoms with van der Waals surface area (Å²) >= 11 is 1.34. The van der Waals surface area contributed by atoms with Gasteiger partial charge >= 0.3 is 7.12 Å². The van der Waals surface area contributed by atoms with Crippen molar-refractivity contribution in [3.05, 3.63) is 35.6 Å². The van der Waals surface area contributed by atoms with Crippen molar-refractivity contribution in [2.24, 2.45) is 23.2 Å². The lowest BCUT2D eigenvalue weighted by molar-refractivity contribution is -0.199. The number of thiazole rings is 1. The zero-order valence-electron chi connectivity index (χ0n) is 23.7. The number of hydrogen-bond donors (Lipinski definition) is 3. The molecule has 2 bridgehead atoms. The van der Waals surface area contributed by atoms with Gasteiger partial charge in [-0.2, -0.15) is 0 Å². The van der Waals surface area contributed by atoms with Crippen molar-refractivity contribution in [1.29, 1.82) is 0 Å². The molecule has 6 rings (SSSR count). The Labute approximate surface area is 239 Å². The summed E-state index contributed by atoms with van der Waals surface area (Å²) in [6, 6.07) is 2.67. The number of carbonyl (C=O) groups excluding carboxylic acids is 3. The Balaban J connectivity index is 1.22. The maximum absolute atomic E-state index is 13.4. The van der Waals surface area contributed by atoms with Crippen molar-refractivity contribution in [3.8, 4) is 10.6 Å². The SMILES string of the molecule is CC(C)C[C@H](NC(=O)[C@H](CNC(=O)c1csc(-c2ccncc2)n1)NC=O)B1O[C@@H]2C[C@@H]3C[C@@H](C3(C)C)[C@]2(C)O1. The first-order chi connectivity index (χ1) is 19.0. The molecule has 3 saturated carbocycles. The molecule has 2 aromatic rings. The highest BCUT2D eigenvalue weighted by atomic mass is 32.1. The van der Waals surface area contributed by atoms with Crippen molar-refractivity contribution < 1.29 is 23.7 Å². The summed E-state index contributed by atoms with van der Waals surface area (Å²) in [6.07, 6.45) is 6.54.